The van der Waals surface area contributed by atoms with Gasteiger partial charge in [0.05, 0.1) is 22.4 Å². The number of benzene rings is 2. The van der Waals surface area contributed by atoms with E-state index in [1.165, 1.54) is 0 Å². The van der Waals surface area contributed by atoms with E-state index >= 15 is 0 Å². The highest BCUT2D eigenvalue weighted by molar-refractivity contribution is 5.86. The molecule has 1 atom stereocenters. The summed E-state index contributed by atoms with van der Waals surface area (Å²) in [5.41, 5.74) is -0.413. The first-order valence-corrected chi connectivity index (χ1v) is 8.28. The highest BCUT2D eigenvalue weighted by Gasteiger charge is 2.36. The SMILES string of the molecule is O=c1[nH]c2c(c(=O)[nH]1)C(c1ccccc1)c1c(c3ccccc3oc1=O)O2. The molecule has 0 fully saturated rings. The fourth-order valence-corrected chi connectivity index (χ4v) is 3.54. The Morgan fingerprint density at radius 2 is 1.56 bits per heavy atom. The van der Waals surface area contributed by atoms with Gasteiger partial charge in [0.2, 0.25) is 5.88 Å². The molecular formula is C20H12N2O5. The van der Waals surface area contributed by atoms with Gasteiger partial charge in [0.1, 0.15) is 5.58 Å². The predicted octanol–water partition coefficient (Wildman–Crippen LogP) is 2.46. The van der Waals surface area contributed by atoms with Crippen molar-refractivity contribution < 1.29 is 9.15 Å². The van der Waals surface area contributed by atoms with Crippen molar-refractivity contribution in [3.05, 3.63) is 103 Å². The van der Waals surface area contributed by atoms with Crippen LogP contribution in [-0.4, -0.2) is 9.97 Å². The molecule has 0 aliphatic carbocycles. The summed E-state index contributed by atoms with van der Waals surface area (Å²) in [4.78, 5) is 41.9. The molecule has 2 aromatic carbocycles. The second kappa shape index (κ2) is 5.57. The molecule has 7 nitrogen and oxygen atoms in total. The molecule has 3 heterocycles. The van der Waals surface area contributed by atoms with Crippen molar-refractivity contribution in [1.29, 1.82) is 0 Å². The van der Waals surface area contributed by atoms with Crippen LogP contribution in [-0.2, 0) is 0 Å². The molecule has 0 spiro atoms. The average molecular weight is 360 g/mol. The zero-order chi connectivity index (χ0) is 18.5. The molecule has 1 aliphatic rings. The van der Waals surface area contributed by atoms with Gasteiger partial charge in [-0.05, 0) is 17.7 Å². The van der Waals surface area contributed by atoms with Gasteiger partial charge in [-0.15, -0.1) is 0 Å². The van der Waals surface area contributed by atoms with Crippen LogP contribution in [0, 0.1) is 0 Å². The van der Waals surface area contributed by atoms with Gasteiger partial charge in [-0.25, -0.2) is 9.59 Å². The van der Waals surface area contributed by atoms with Crippen LogP contribution in [0.4, 0.5) is 0 Å². The summed E-state index contributed by atoms with van der Waals surface area (Å²) in [5, 5.41) is 0.583. The van der Waals surface area contributed by atoms with Crippen molar-refractivity contribution in [3.8, 4) is 11.6 Å². The normalized spacial score (nSPS) is 15.0. The molecule has 1 unspecified atom stereocenters. The Balaban J connectivity index is 1.95. The Bertz CT molecular complexity index is 1370. The van der Waals surface area contributed by atoms with Gasteiger partial charge in [-0.1, -0.05) is 42.5 Å². The quantitative estimate of drug-likeness (QED) is 0.447. The fraction of sp³-hybridized carbons (Fsp3) is 0.0500. The summed E-state index contributed by atoms with van der Waals surface area (Å²) in [7, 11) is 0. The van der Waals surface area contributed by atoms with E-state index in [1.807, 2.05) is 30.3 Å². The number of aromatic amines is 2. The molecule has 1 aliphatic heterocycles. The Labute approximate surface area is 150 Å². The lowest BCUT2D eigenvalue weighted by molar-refractivity contribution is 0.418. The zero-order valence-corrected chi connectivity index (χ0v) is 13.8. The van der Waals surface area contributed by atoms with Crippen molar-refractivity contribution in [1.82, 2.24) is 9.97 Å². The van der Waals surface area contributed by atoms with E-state index in [-0.39, 0.29) is 22.8 Å². The Hall–Kier alpha value is -3.87. The minimum absolute atomic E-state index is 0.0286. The van der Waals surface area contributed by atoms with E-state index in [0.29, 0.717) is 16.5 Å². The molecule has 2 aromatic heterocycles. The van der Waals surface area contributed by atoms with Crippen molar-refractivity contribution in [3.63, 3.8) is 0 Å². The predicted molar refractivity (Wildman–Crippen MR) is 97.6 cm³/mol. The smallest absolute Gasteiger partial charge is 0.344 e. The molecule has 0 saturated carbocycles. The summed E-state index contributed by atoms with van der Waals surface area (Å²) in [6.45, 7) is 0. The van der Waals surface area contributed by atoms with Gasteiger partial charge >= 0.3 is 11.3 Å². The molecule has 4 aromatic rings. The van der Waals surface area contributed by atoms with Crippen molar-refractivity contribution in [2.75, 3.05) is 0 Å². The molecule has 0 amide bonds. The van der Waals surface area contributed by atoms with Gasteiger partial charge in [-0.3, -0.25) is 14.8 Å². The number of aromatic nitrogens is 2. The maximum absolute atomic E-state index is 12.8. The Morgan fingerprint density at radius 3 is 2.37 bits per heavy atom. The molecule has 5 rings (SSSR count). The number of H-pyrrole nitrogens is 2. The highest BCUT2D eigenvalue weighted by Crippen LogP contribution is 2.45. The van der Waals surface area contributed by atoms with Crippen molar-refractivity contribution in [2.24, 2.45) is 0 Å². The third-order valence-electron chi connectivity index (χ3n) is 4.66. The molecule has 0 saturated heterocycles. The molecular weight excluding hydrogens is 348 g/mol. The van der Waals surface area contributed by atoms with Crippen LogP contribution < -0.4 is 21.6 Å². The Kier molecular flexibility index (Phi) is 3.17. The summed E-state index contributed by atoms with van der Waals surface area (Å²) in [5.74, 6) is -0.420. The topological polar surface area (TPSA) is 105 Å². The number of hydrogen-bond donors (Lipinski definition) is 2. The van der Waals surface area contributed by atoms with E-state index in [1.54, 1.807) is 24.3 Å². The van der Waals surface area contributed by atoms with Crippen molar-refractivity contribution >= 4 is 11.0 Å². The summed E-state index contributed by atoms with van der Waals surface area (Å²) < 4.78 is 11.3. The van der Waals surface area contributed by atoms with Gasteiger partial charge in [0, 0.05) is 0 Å². The van der Waals surface area contributed by atoms with Crippen LogP contribution in [0.15, 0.2) is 73.4 Å². The molecule has 0 bridgehead atoms. The largest absolute Gasteiger partial charge is 0.439 e. The van der Waals surface area contributed by atoms with Gasteiger partial charge in [-0.2, -0.15) is 0 Å². The van der Waals surface area contributed by atoms with E-state index < -0.39 is 22.8 Å². The first-order valence-electron chi connectivity index (χ1n) is 8.28. The molecule has 27 heavy (non-hydrogen) atoms. The summed E-state index contributed by atoms with van der Waals surface area (Å²) >= 11 is 0. The third kappa shape index (κ3) is 2.25. The van der Waals surface area contributed by atoms with Gasteiger partial charge < -0.3 is 9.15 Å². The first-order chi connectivity index (χ1) is 13.1. The standard InChI is InChI=1S/C20H12N2O5/c23-17-15-13(10-6-2-1-3-7-10)14-16(27-18(15)22-20(25)21-17)11-8-4-5-9-12(11)26-19(14)24/h1-9,13H,(H2,21,22,23,25). The number of para-hydroxylation sites is 1. The third-order valence-corrected chi connectivity index (χ3v) is 4.66. The maximum Gasteiger partial charge on any atom is 0.344 e. The van der Waals surface area contributed by atoms with Crippen LogP contribution >= 0.6 is 0 Å². The number of hydrogen-bond acceptors (Lipinski definition) is 5. The summed E-state index contributed by atoms with van der Waals surface area (Å²) in [6, 6.07) is 16.0. The average Bonchev–Trinajstić information content (AvgIpc) is 2.67. The van der Waals surface area contributed by atoms with Crippen LogP contribution in [0.25, 0.3) is 11.0 Å². The lowest BCUT2D eigenvalue weighted by Gasteiger charge is -2.26. The monoisotopic (exact) mass is 360 g/mol. The van der Waals surface area contributed by atoms with Gasteiger partial charge in [0.25, 0.3) is 5.56 Å². The number of rotatable bonds is 1. The maximum atomic E-state index is 12.8. The minimum atomic E-state index is -0.730. The number of fused-ring (bicyclic) bond motifs is 4. The molecule has 2 N–H and O–H groups in total. The van der Waals surface area contributed by atoms with E-state index in [2.05, 4.69) is 9.97 Å². The Morgan fingerprint density at radius 1 is 0.815 bits per heavy atom. The van der Waals surface area contributed by atoms with Gasteiger partial charge in [0.15, 0.2) is 5.75 Å². The molecule has 0 radical (unpaired) electrons. The van der Waals surface area contributed by atoms with Crippen LogP contribution in [0.3, 0.4) is 0 Å². The first kappa shape index (κ1) is 15.4. The highest BCUT2D eigenvalue weighted by atomic mass is 16.5. The van der Waals surface area contributed by atoms with E-state index in [4.69, 9.17) is 9.15 Å². The van der Waals surface area contributed by atoms with Crippen molar-refractivity contribution in [2.45, 2.75) is 5.92 Å². The minimum Gasteiger partial charge on any atom is -0.439 e. The molecule has 132 valence electrons. The van der Waals surface area contributed by atoms with E-state index in [0.717, 1.165) is 0 Å². The summed E-state index contributed by atoms with van der Waals surface area (Å²) in [6.07, 6.45) is 0. The lowest BCUT2D eigenvalue weighted by Crippen LogP contribution is -2.32. The number of nitrogens with one attached hydrogen (secondary N) is 2. The molecule has 7 heteroatoms. The van der Waals surface area contributed by atoms with Crippen LogP contribution in [0.5, 0.6) is 11.6 Å². The fourth-order valence-electron chi connectivity index (χ4n) is 3.54. The second-order valence-electron chi connectivity index (χ2n) is 6.23. The number of ether oxygens (including phenoxy) is 1. The zero-order valence-electron chi connectivity index (χ0n) is 13.8. The van der Waals surface area contributed by atoms with Crippen LogP contribution in [0.2, 0.25) is 0 Å². The van der Waals surface area contributed by atoms with E-state index in [9.17, 15) is 14.4 Å². The lowest BCUT2D eigenvalue weighted by atomic mass is 9.84. The second-order valence-corrected chi connectivity index (χ2v) is 6.23. The van der Waals surface area contributed by atoms with Crippen LogP contribution in [0.1, 0.15) is 22.6 Å².